The fourth-order valence-corrected chi connectivity index (χ4v) is 2.66. The van der Waals surface area contributed by atoms with Gasteiger partial charge in [-0.05, 0) is 19.1 Å². The highest BCUT2D eigenvalue weighted by Crippen LogP contribution is 2.23. The van der Waals surface area contributed by atoms with Crippen molar-refractivity contribution in [3.8, 4) is 0 Å². The number of aliphatic hydroxyl groups is 1. The van der Waals surface area contributed by atoms with Crippen molar-refractivity contribution < 1.29 is 5.11 Å². The van der Waals surface area contributed by atoms with Gasteiger partial charge in [0.2, 0.25) is 6.35 Å². The van der Waals surface area contributed by atoms with Gasteiger partial charge in [0, 0.05) is 27.6 Å². The summed E-state index contributed by atoms with van der Waals surface area (Å²) in [4.78, 5) is 4.37. The first-order chi connectivity index (χ1) is 11.0. The molecule has 3 unspecified atom stereocenters. The molecule has 1 aliphatic heterocycles. The van der Waals surface area contributed by atoms with Crippen molar-refractivity contribution >= 4 is 28.9 Å². The van der Waals surface area contributed by atoms with Crippen LogP contribution in [0.5, 0.6) is 0 Å². The molecular weight excluding hydrogens is 331 g/mol. The first-order valence-electron chi connectivity index (χ1n) is 7.79. The number of aliphatic imine (C=N–C) groups is 1. The van der Waals surface area contributed by atoms with E-state index in [-0.39, 0.29) is 12.0 Å². The van der Waals surface area contributed by atoms with Gasteiger partial charge in [0.25, 0.3) is 0 Å². The van der Waals surface area contributed by atoms with Gasteiger partial charge in [-0.25, -0.2) is 4.99 Å². The second-order valence-corrected chi connectivity index (χ2v) is 5.87. The maximum Gasteiger partial charge on any atom is 0.202 e. The Morgan fingerprint density at radius 3 is 2.43 bits per heavy atom. The van der Waals surface area contributed by atoms with Crippen LogP contribution in [0.4, 0.5) is 0 Å². The minimum absolute atomic E-state index is 0.0493. The summed E-state index contributed by atoms with van der Waals surface area (Å²) in [5.74, 6) is -0.0769. The summed E-state index contributed by atoms with van der Waals surface area (Å²) < 4.78 is 0. The molecule has 23 heavy (non-hydrogen) atoms. The van der Waals surface area contributed by atoms with E-state index in [0.717, 1.165) is 5.56 Å². The highest BCUT2D eigenvalue weighted by molar-refractivity contribution is 6.34. The van der Waals surface area contributed by atoms with Crippen LogP contribution >= 0.6 is 23.2 Å². The number of hydrogen-bond donors (Lipinski definition) is 2. The van der Waals surface area contributed by atoms with E-state index < -0.39 is 6.35 Å². The average molecular weight is 355 g/mol. The lowest BCUT2D eigenvalue weighted by atomic mass is 9.97. The molecule has 126 valence electrons. The van der Waals surface area contributed by atoms with Crippen LogP contribution < -0.4 is 5.32 Å². The molecule has 0 aliphatic carbocycles. The van der Waals surface area contributed by atoms with E-state index >= 15 is 0 Å². The lowest BCUT2D eigenvalue weighted by Gasteiger charge is -2.19. The molecule has 0 fully saturated rings. The molecule has 1 aromatic rings. The standard InChI is InChI=1S/C16H18Cl2N2O.C2H6/c1-10-9-12(17)8-7-11(2)19-16(21)20-15(10)13-5-3-4-6-14(13)18;1-2/h3-11,16,19,21H,1-2H3;1-2H3/b8-7-,12-9+,20-15+;. The summed E-state index contributed by atoms with van der Waals surface area (Å²) in [5.41, 5.74) is 1.49. The van der Waals surface area contributed by atoms with Crippen LogP contribution in [0.2, 0.25) is 5.02 Å². The van der Waals surface area contributed by atoms with Crippen LogP contribution in [0.25, 0.3) is 0 Å². The molecule has 5 heteroatoms. The summed E-state index contributed by atoms with van der Waals surface area (Å²) in [5, 5.41) is 14.3. The summed E-state index contributed by atoms with van der Waals surface area (Å²) in [6.07, 6.45) is 4.59. The van der Waals surface area contributed by atoms with Crippen molar-refractivity contribution in [2.45, 2.75) is 40.1 Å². The predicted molar refractivity (Wildman–Crippen MR) is 100 cm³/mol. The third-order valence-corrected chi connectivity index (χ3v) is 3.79. The minimum atomic E-state index is -0.997. The molecule has 0 saturated carbocycles. The van der Waals surface area contributed by atoms with Crippen molar-refractivity contribution in [1.29, 1.82) is 0 Å². The van der Waals surface area contributed by atoms with Gasteiger partial charge in [-0.1, -0.05) is 74.3 Å². The monoisotopic (exact) mass is 354 g/mol. The molecule has 0 spiro atoms. The van der Waals surface area contributed by atoms with E-state index in [1.165, 1.54) is 0 Å². The molecule has 0 radical (unpaired) electrons. The molecular formula is C18H24Cl2N2O. The third-order valence-electron chi connectivity index (χ3n) is 3.21. The van der Waals surface area contributed by atoms with E-state index in [9.17, 15) is 5.11 Å². The van der Waals surface area contributed by atoms with Gasteiger partial charge in [-0.3, -0.25) is 5.32 Å². The van der Waals surface area contributed by atoms with Crippen LogP contribution in [0.1, 0.15) is 33.3 Å². The maximum absolute atomic E-state index is 10.1. The van der Waals surface area contributed by atoms with Crippen molar-refractivity contribution in [3.63, 3.8) is 0 Å². The van der Waals surface area contributed by atoms with Crippen LogP contribution in [0.15, 0.2) is 52.5 Å². The Balaban J connectivity index is 0.00000127. The predicted octanol–water partition coefficient (Wildman–Crippen LogP) is 4.74. The van der Waals surface area contributed by atoms with E-state index in [4.69, 9.17) is 23.2 Å². The van der Waals surface area contributed by atoms with Crippen LogP contribution in [0.3, 0.4) is 0 Å². The van der Waals surface area contributed by atoms with Gasteiger partial charge in [0.05, 0.1) is 5.71 Å². The molecule has 0 amide bonds. The van der Waals surface area contributed by atoms with Crippen LogP contribution in [-0.2, 0) is 0 Å². The first kappa shape index (κ1) is 19.9. The van der Waals surface area contributed by atoms with Gasteiger partial charge in [0.1, 0.15) is 0 Å². The van der Waals surface area contributed by atoms with E-state index in [1.54, 1.807) is 6.07 Å². The van der Waals surface area contributed by atoms with E-state index in [0.29, 0.717) is 15.8 Å². The lowest BCUT2D eigenvalue weighted by Crippen LogP contribution is -2.35. The number of nitrogens with one attached hydrogen (secondary N) is 1. The average Bonchev–Trinajstić information content (AvgIpc) is 2.52. The Hall–Kier alpha value is -1.13. The van der Waals surface area contributed by atoms with Crippen LogP contribution in [0, 0.1) is 5.92 Å². The molecule has 2 N–H and O–H groups in total. The summed E-state index contributed by atoms with van der Waals surface area (Å²) >= 11 is 12.5. The molecule has 0 saturated heterocycles. The highest BCUT2D eigenvalue weighted by Gasteiger charge is 2.17. The topological polar surface area (TPSA) is 44.6 Å². The fourth-order valence-electron chi connectivity index (χ4n) is 2.17. The zero-order valence-electron chi connectivity index (χ0n) is 13.9. The molecule has 1 heterocycles. The van der Waals surface area contributed by atoms with E-state index in [1.807, 2.05) is 64.1 Å². The Bertz CT molecular complexity index is 596. The fraction of sp³-hybridized carbons (Fsp3) is 0.389. The Labute approximate surface area is 148 Å². The SMILES string of the molecule is CC.CC1/C=C\C(Cl)=C/C(C)/C(c2ccccc2Cl)=N\C(O)N1. The Morgan fingerprint density at radius 2 is 1.78 bits per heavy atom. The normalized spacial score (nSPS) is 30.8. The number of halogens is 2. The van der Waals surface area contributed by atoms with Gasteiger partial charge in [-0.2, -0.15) is 0 Å². The van der Waals surface area contributed by atoms with E-state index in [2.05, 4.69) is 10.3 Å². The minimum Gasteiger partial charge on any atom is -0.360 e. The Morgan fingerprint density at radius 1 is 1.13 bits per heavy atom. The molecule has 3 atom stereocenters. The molecule has 1 aliphatic rings. The molecule has 3 nitrogen and oxygen atoms in total. The first-order valence-corrected chi connectivity index (χ1v) is 8.55. The van der Waals surface area contributed by atoms with Crippen LogP contribution in [-0.4, -0.2) is 23.2 Å². The number of allylic oxidation sites excluding steroid dienone is 3. The molecule has 0 aromatic heterocycles. The number of aliphatic hydroxyl groups excluding tert-OH is 1. The molecule has 0 bridgehead atoms. The quantitative estimate of drug-likeness (QED) is 0.764. The number of benzene rings is 1. The number of rotatable bonds is 1. The zero-order chi connectivity index (χ0) is 17.4. The van der Waals surface area contributed by atoms with Gasteiger partial charge in [0.15, 0.2) is 0 Å². The van der Waals surface area contributed by atoms with Crippen molar-refractivity contribution in [2.75, 3.05) is 0 Å². The van der Waals surface area contributed by atoms with Gasteiger partial charge >= 0.3 is 0 Å². The largest absolute Gasteiger partial charge is 0.360 e. The van der Waals surface area contributed by atoms with Crippen molar-refractivity contribution in [1.82, 2.24) is 5.32 Å². The number of nitrogens with zero attached hydrogens (tertiary/aromatic N) is 1. The zero-order valence-corrected chi connectivity index (χ0v) is 15.4. The van der Waals surface area contributed by atoms with Crippen molar-refractivity contribution in [2.24, 2.45) is 10.9 Å². The second kappa shape index (κ2) is 9.89. The third kappa shape index (κ3) is 6.11. The summed E-state index contributed by atoms with van der Waals surface area (Å²) in [6, 6.07) is 7.39. The maximum atomic E-state index is 10.1. The Kier molecular flexibility index (Phi) is 8.56. The van der Waals surface area contributed by atoms with Gasteiger partial charge < -0.3 is 5.11 Å². The summed E-state index contributed by atoms with van der Waals surface area (Å²) in [6.45, 7) is 7.88. The number of hydrogen-bond acceptors (Lipinski definition) is 3. The van der Waals surface area contributed by atoms with Crippen molar-refractivity contribution in [3.05, 3.63) is 58.1 Å². The second-order valence-electron chi connectivity index (χ2n) is 5.02. The highest BCUT2D eigenvalue weighted by atomic mass is 35.5. The smallest absolute Gasteiger partial charge is 0.202 e. The summed E-state index contributed by atoms with van der Waals surface area (Å²) in [7, 11) is 0. The molecule has 1 aromatic carbocycles. The lowest BCUT2D eigenvalue weighted by molar-refractivity contribution is 0.140. The molecule has 2 rings (SSSR count). The van der Waals surface area contributed by atoms with Gasteiger partial charge in [-0.15, -0.1) is 0 Å².